The molecule has 1 aliphatic heterocycles. The molecule has 1 atom stereocenters. The molecular weight excluding hydrogens is 230 g/mol. The van der Waals surface area contributed by atoms with Gasteiger partial charge in [-0.2, -0.15) is 0 Å². The molecule has 2 rings (SSSR count). The monoisotopic (exact) mass is 265 g/mol. The second-order valence-electron chi connectivity index (χ2n) is 9.18. The Balaban J connectivity index is 2.11. The molecule has 2 fully saturated rings. The zero-order valence-corrected chi connectivity index (χ0v) is 14.2. The third-order valence-electron chi connectivity index (χ3n) is 5.91. The van der Waals surface area contributed by atoms with Gasteiger partial charge >= 0.3 is 0 Å². The summed E-state index contributed by atoms with van der Waals surface area (Å²) < 4.78 is 0. The van der Waals surface area contributed by atoms with E-state index >= 15 is 0 Å². The molecule has 1 heterocycles. The predicted octanol–water partition coefficient (Wildman–Crippen LogP) is 5.10. The highest BCUT2D eigenvalue weighted by Gasteiger charge is 2.47. The molecule has 0 aromatic heterocycles. The summed E-state index contributed by atoms with van der Waals surface area (Å²) in [5, 5.41) is 0. The fourth-order valence-electron chi connectivity index (χ4n) is 4.88. The number of hydrogen-bond acceptors (Lipinski definition) is 1. The summed E-state index contributed by atoms with van der Waals surface area (Å²) in [6.45, 7) is 17.2. The quantitative estimate of drug-likeness (QED) is 0.589. The highest BCUT2D eigenvalue weighted by Crippen LogP contribution is 2.55. The van der Waals surface area contributed by atoms with Gasteiger partial charge in [0.15, 0.2) is 0 Å². The van der Waals surface area contributed by atoms with E-state index in [9.17, 15) is 0 Å². The van der Waals surface area contributed by atoms with Gasteiger partial charge in [-0.25, -0.2) is 0 Å². The molecule has 1 saturated heterocycles. The van der Waals surface area contributed by atoms with E-state index in [2.05, 4.69) is 46.4 Å². The Labute approximate surface area is 121 Å². The van der Waals surface area contributed by atoms with E-state index in [4.69, 9.17) is 0 Å². The average Bonchev–Trinajstić information content (AvgIpc) is 2.27. The topological polar surface area (TPSA) is 3.24 Å². The lowest BCUT2D eigenvalue weighted by Gasteiger charge is -2.55. The molecule has 0 bridgehead atoms. The predicted molar refractivity (Wildman–Crippen MR) is 84.4 cm³/mol. The highest BCUT2D eigenvalue weighted by atomic mass is 15.2. The maximum atomic E-state index is 2.70. The molecule has 2 aliphatic rings. The lowest BCUT2D eigenvalue weighted by Crippen LogP contribution is -2.53. The summed E-state index contributed by atoms with van der Waals surface area (Å²) in [6, 6.07) is 0. The minimum absolute atomic E-state index is 0.355. The van der Waals surface area contributed by atoms with E-state index in [1.807, 2.05) is 0 Å². The van der Waals surface area contributed by atoms with Crippen molar-refractivity contribution in [2.75, 3.05) is 13.1 Å². The van der Waals surface area contributed by atoms with Crippen molar-refractivity contribution >= 4 is 0 Å². The molecule has 1 spiro atoms. The van der Waals surface area contributed by atoms with Crippen LogP contribution in [0, 0.1) is 16.7 Å². The van der Waals surface area contributed by atoms with E-state index in [1.54, 1.807) is 0 Å². The van der Waals surface area contributed by atoms with Crippen LogP contribution in [0.5, 0.6) is 0 Å². The number of rotatable bonds is 0. The van der Waals surface area contributed by atoms with Crippen molar-refractivity contribution in [3.05, 3.63) is 0 Å². The first kappa shape index (κ1) is 15.4. The Bertz CT molecular complexity index is 297. The van der Waals surface area contributed by atoms with Crippen molar-refractivity contribution in [3.8, 4) is 0 Å². The van der Waals surface area contributed by atoms with Crippen molar-refractivity contribution in [1.82, 2.24) is 4.90 Å². The Kier molecular flexibility index (Phi) is 4.09. The summed E-state index contributed by atoms with van der Waals surface area (Å²) in [5.74, 6) is 0.941. The van der Waals surface area contributed by atoms with Gasteiger partial charge in [0.2, 0.25) is 0 Å². The molecule has 0 radical (unpaired) electrons. The van der Waals surface area contributed by atoms with Crippen LogP contribution in [0.4, 0.5) is 0 Å². The molecule has 0 aromatic rings. The van der Waals surface area contributed by atoms with Crippen LogP contribution in [0.1, 0.15) is 80.1 Å². The van der Waals surface area contributed by atoms with Gasteiger partial charge in [0, 0.05) is 5.54 Å². The van der Waals surface area contributed by atoms with Crippen molar-refractivity contribution in [1.29, 1.82) is 0 Å². The lowest BCUT2D eigenvalue weighted by molar-refractivity contribution is -0.0543. The third kappa shape index (κ3) is 3.17. The smallest absolute Gasteiger partial charge is 0.0125 e. The minimum Gasteiger partial charge on any atom is -0.298 e. The second-order valence-corrected chi connectivity index (χ2v) is 9.18. The first-order valence-corrected chi connectivity index (χ1v) is 8.40. The van der Waals surface area contributed by atoms with Crippen molar-refractivity contribution in [2.45, 2.75) is 85.6 Å². The van der Waals surface area contributed by atoms with E-state index in [-0.39, 0.29) is 0 Å². The summed E-state index contributed by atoms with van der Waals surface area (Å²) >= 11 is 0. The zero-order valence-electron chi connectivity index (χ0n) is 14.2. The Morgan fingerprint density at radius 3 is 1.89 bits per heavy atom. The molecule has 1 aliphatic carbocycles. The maximum absolute atomic E-state index is 2.70. The molecule has 0 N–H and O–H groups in total. The molecule has 0 aromatic carbocycles. The van der Waals surface area contributed by atoms with Crippen LogP contribution >= 0.6 is 0 Å². The van der Waals surface area contributed by atoms with Crippen LogP contribution in [-0.2, 0) is 0 Å². The summed E-state index contributed by atoms with van der Waals surface area (Å²) in [7, 11) is 0. The molecular formula is C18H35N. The van der Waals surface area contributed by atoms with Gasteiger partial charge in [0.25, 0.3) is 0 Å². The zero-order chi connectivity index (χ0) is 14.3. The van der Waals surface area contributed by atoms with Gasteiger partial charge in [0.05, 0.1) is 0 Å². The Hall–Kier alpha value is -0.0400. The molecule has 1 unspecified atom stereocenters. The molecule has 0 amide bonds. The van der Waals surface area contributed by atoms with E-state index in [0.29, 0.717) is 16.4 Å². The van der Waals surface area contributed by atoms with Crippen LogP contribution in [-0.4, -0.2) is 23.5 Å². The lowest BCUT2D eigenvalue weighted by atomic mass is 9.54. The second kappa shape index (κ2) is 5.06. The number of likely N-dealkylation sites (tertiary alicyclic amines) is 1. The van der Waals surface area contributed by atoms with Gasteiger partial charge in [-0.1, -0.05) is 33.6 Å². The normalized spacial score (nSPS) is 29.7. The van der Waals surface area contributed by atoms with Crippen LogP contribution < -0.4 is 0 Å². The van der Waals surface area contributed by atoms with Gasteiger partial charge in [-0.05, 0) is 76.3 Å². The van der Waals surface area contributed by atoms with Crippen LogP contribution in [0.3, 0.4) is 0 Å². The van der Waals surface area contributed by atoms with Gasteiger partial charge in [-0.3, -0.25) is 4.90 Å². The van der Waals surface area contributed by atoms with Crippen LogP contribution in [0.25, 0.3) is 0 Å². The first-order valence-electron chi connectivity index (χ1n) is 8.40. The minimum atomic E-state index is 0.355. The van der Waals surface area contributed by atoms with E-state index in [1.165, 1.54) is 51.6 Å². The Morgan fingerprint density at radius 2 is 1.42 bits per heavy atom. The summed E-state index contributed by atoms with van der Waals surface area (Å²) in [4.78, 5) is 2.70. The molecule has 19 heavy (non-hydrogen) atoms. The molecule has 1 heteroatoms. The van der Waals surface area contributed by atoms with Crippen LogP contribution in [0.2, 0.25) is 0 Å². The highest BCUT2D eigenvalue weighted by molar-refractivity contribution is 4.99. The standard InChI is InChI=1S/C18H35N/c1-16(2,3)15-9-7-8-10-18(15)11-13-19(14-12-18)17(4,5)6/h15H,7-14H2,1-6H3. The largest absolute Gasteiger partial charge is 0.298 e. The van der Waals surface area contributed by atoms with E-state index < -0.39 is 0 Å². The van der Waals surface area contributed by atoms with Crippen molar-refractivity contribution < 1.29 is 0 Å². The van der Waals surface area contributed by atoms with E-state index in [0.717, 1.165) is 5.92 Å². The number of piperidine rings is 1. The van der Waals surface area contributed by atoms with Crippen LogP contribution in [0.15, 0.2) is 0 Å². The fraction of sp³-hybridized carbons (Fsp3) is 1.00. The summed E-state index contributed by atoms with van der Waals surface area (Å²) in [6.07, 6.45) is 8.78. The SMILES string of the molecule is CC(C)(C)C1CCCCC12CCN(C(C)(C)C)CC2. The van der Waals surface area contributed by atoms with Crippen molar-refractivity contribution in [3.63, 3.8) is 0 Å². The summed E-state index contributed by atoms with van der Waals surface area (Å²) in [5.41, 5.74) is 1.51. The average molecular weight is 265 g/mol. The maximum Gasteiger partial charge on any atom is 0.0125 e. The fourth-order valence-corrected chi connectivity index (χ4v) is 4.88. The van der Waals surface area contributed by atoms with Gasteiger partial charge in [-0.15, -0.1) is 0 Å². The number of hydrogen-bond donors (Lipinski definition) is 0. The Morgan fingerprint density at radius 1 is 0.842 bits per heavy atom. The third-order valence-corrected chi connectivity index (χ3v) is 5.91. The molecule has 112 valence electrons. The van der Waals surface area contributed by atoms with Gasteiger partial charge < -0.3 is 0 Å². The first-order chi connectivity index (χ1) is 8.65. The van der Waals surface area contributed by atoms with Crippen molar-refractivity contribution in [2.24, 2.45) is 16.7 Å². The molecule has 1 nitrogen and oxygen atoms in total. The molecule has 1 saturated carbocycles. The number of nitrogens with zero attached hydrogens (tertiary/aromatic N) is 1. The van der Waals surface area contributed by atoms with Gasteiger partial charge in [0.1, 0.15) is 0 Å².